The lowest BCUT2D eigenvalue weighted by Crippen LogP contribution is -2.38. The maximum absolute atomic E-state index is 4.38. The predicted octanol–water partition coefficient (Wildman–Crippen LogP) is 8.36. The van der Waals surface area contributed by atoms with Crippen LogP contribution in [0.4, 0.5) is 0 Å². The van der Waals surface area contributed by atoms with Crippen LogP contribution in [0.25, 0.3) is 0 Å². The molecule has 6 rings (SSSR count). The molecule has 3 aliphatic rings. The first-order valence-electron chi connectivity index (χ1n) is 18.9. The van der Waals surface area contributed by atoms with E-state index in [0.29, 0.717) is 60.3 Å². The zero-order valence-electron chi connectivity index (χ0n) is 32.3. The fourth-order valence-electron chi connectivity index (χ4n) is 8.32. The number of hydrogen-bond donors (Lipinski definition) is 0. The van der Waals surface area contributed by atoms with Crippen LogP contribution in [0.5, 0.6) is 0 Å². The number of hydrogen-bond acceptors (Lipinski definition) is 7. The Morgan fingerprint density at radius 2 is 0.940 bits per heavy atom. The molecule has 3 aromatic heterocycles. The predicted molar refractivity (Wildman–Crippen MR) is 210 cm³/mol. The molecule has 0 spiro atoms. The summed E-state index contributed by atoms with van der Waals surface area (Å²) < 4.78 is 4.38. The van der Waals surface area contributed by atoms with Crippen molar-refractivity contribution in [2.75, 3.05) is 19.6 Å². The number of rotatable bonds is 9. The third-order valence-corrected chi connectivity index (χ3v) is 11.0. The molecule has 0 saturated carbocycles. The molecule has 0 amide bonds. The molecular formula is C40H76N10. The highest BCUT2D eigenvalue weighted by Crippen LogP contribution is 2.34. The summed E-state index contributed by atoms with van der Waals surface area (Å²) in [6.07, 6.45) is 17.1. The van der Waals surface area contributed by atoms with Gasteiger partial charge in [0.05, 0.1) is 30.8 Å². The Morgan fingerprint density at radius 3 is 1.32 bits per heavy atom. The highest BCUT2D eigenvalue weighted by atomic mass is 15.5. The molecule has 10 heteroatoms. The SMILES string of the molecule is C.C.CC(C)[C@@H]1C[C@H](n2cccn2)CN1C(C)C.CC(C)[C@@H]1C[C@H](n2ccnc2)CN1C(C)C.CC(C)[C@@H]1C[C@H](n2nccn2)CN1C(C)C. The molecule has 10 nitrogen and oxygen atoms in total. The lowest BCUT2D eigenvalue weighted by molar-refractivity contribution is 0.163. The molecule has 0 aliphatic carbocycles. The summed E-state index contributed by atoms with van der Waals surface area (Å²) in [7, 11) is 0. The van der Waals surface area contributed by atoms with E-state index in [0.717, 1.165) is 31.5 Å². The van der Waals surface area contributed by atoms with E-state index >= 15 is 0 Å². The molecule has 0 radical (unpaired) electrons. The van der Waals surface area contributed by atoms with Gasteiger partial charge in [-0.3, -0.25) is 19.4 Å². The van der Waals surface area contributed by atoms with Crippen molar-refractivity contribution >= 4 is 0 Å². The molecule has 50 heavy (non-hydrogen) atoms. The van der Waals surface area contributed by atoms with Crippen LogP contribution in [0, 0.1) is 17.8 Å². The van der Waals surface area contributed by atoms with Crippen molar-refractivity contribution in [3.8, 4) is 0 Å². The van der Waals surface area contributed by atoms with Crippen molar-refractivity contribution in [3.05, 3.63) is 49.6 Å². The Hall–Kier alpha value is -2.56. The molecule has 3 fully saturated rings. The average molecular weight is 697 g/mol. The van der Waals surface area contributed by atoms with Crippen LogP contribution >= 0.6 is 0 Å². The Morgan fingerprint density at radius 1 is 0.500 bits per heavy atom. The van der Waals surface area contributed by atoms with E-state index in [-0.39, 0.29) is 14.9 Å². The fraction of sp³-hybridized carbons (Fsp3) is 0.800. The number of imidazole rings is 1. The standard InChI is InChI=1S/2C13H23N3.C12H22N4.2CH4/c1-10(2)13-7-12(8-16(13)11(3)4)15-6-5-14-9-15;1-10(2)13-8-12(9-15(13)11(3)4)16-7-5-6-14-16;1-9(2)12-7-11(8-15(12)10(3)4)16-13-5-6-14-16;;/h5-6,9-13H,7-8H2,1-4H3;5-7,10-13H,8-9H2,1-4H3;5-6,9-12H,7-8H2,1-4H3;2*1H4/t2*12-,13-;11-,12-;;/m000../s1. The molecule has 3 saturated heterocycles. The molecular weight excluding hydrogens is 621 g/mol. The molecule has 6 heterocycles. The van der Waals surface area contributed by atoms with Crippen molar-refractivity contribution < 1.29 is 0 Å². The van der Waals surface area contributed by atoms with Crippen LogP contribution in [0.2, 0.25) is 0 Å². The molecule has 0 aromatic carbocycles. The molecule has 286 valence electrons. The van der Waals surface area contributed by atoms with Crippen molar-refractivity contribution in [2.24, 2.45) is 17.8 Å². The summed E-state index contributed by atoms with van der Waals surface area (Å²) in [6, 6.07) is 7.59. The molecule has 3 aliphatic heterocycles. The highest BCUT2D eigenvalue weighted by Gasteiger charge is 2.38. The van der Waals surface area contributed by atoms with Crippen molar-refractivity contribution in [1.82, 2.24) is 49.0 Å². The first-order valence-corrected chi connectivity index (χ1v) is 18.9. The van der Waals surface area contributed by atoms with Gasteiger partial charge in [-0.15, -0.1) is 0 Å². The van der Waals surface area contributed by atoms with Gasteiger partial charge in [0.2, 0.25) is 0 Å². The Kier molecular flexibility index (Phi) is 17.3. The van der Waals surface area contributed by atoms with Crippen LogP contribution in [0.15, 0.2) is 49.6 Å². The molecule has 0 bridgehead atoms. The second kappa shape index (κ2) is 19.9. The second-order valence-corrected chi connectivity index (χ2v) is 16.3. The molecule has 0 unspecified atom stereocenters. The first kappa shape index (κ1) is 43.6. The van der Waals surface area contributed by atoms with Crippen LogP contribution in [0.3, 0.4) is 0 Å². The van der Waals surface area contributed by atoms with E-state index in [2.05, 4.69) is 140 Å². The average Bonchev–Trinajstić information content (AvgIpc) is 3.89. The van der Waals surface area contributed by atoms with Gasteiger partial charge in [0.25, 0.3) is 0 Å². The lowest BCUT2D eigenvalue weighted by Gasteiger charge is -2.30. The second-order valence-electron chi connectivity index (χ2n) is 16.3. The normalized spacial score (nSPS) is 26.0. The minimum absolute atomic E-state index is 0. The van der Waals surface area contributed by atoms with Crippen LogP contribution < -0.4 is 0 Å². The largest absolute Gasteiger partial charge is 0.333 e. The summed E-state index contributed by atoms with van der Waals surface area (Å²) in [4.78, 5) is 13.9. The van der Waals surface area contributed by atoms with Gasteiger partial charge >= 0.3 is 0 Å². The summed E-state index contributed by atoms with van der Waals surface area (Å²) in [5.41, 5.74) is 0. The van der Waals surface area contributed by atoms with E-state index in [1.54, 1.807) is 12.4 Å². The Labute approximate surface area is 307 Å². The van der Waals surface area contributed by atoms with Crippen LogP contribution in [-0.4, -0.2) is 105 Å². The van der Waals surface area contributed by atoms with Gasteiger partial charge in [-0.2, -0.15) is 20.1 Å². The zero-order valence-corrected chi connectivity index (χ0v) is 32.3. The van der Waals surface area contributed by atoms with Crippen molar-refractivity contribution in [2.45, 2.75) is 172 Å². The quantitative estimate of drug-likeness (QED) is 0.223. The number of likely N-dealkylation sites (tertiary alicyclic amines) is 3. The van der Waals surface area contributed by atoms with Gasteiger partial charge in [-0.05, 0) is 84.6 Å². The summed E-state index contributed by atoms with van der Waals surface area (Å²) in [6.45, 7) is 31.0. The highest BCUT2D eigenvalue weighted by molar-refractivity contribution is 4.95. The summed E-state index contributed by atoms with van der Waals surface area (Å²) in [5.74, 6) is 2.15. The van der Waals surface area contributed by atoms with Gasteiger partial charge in [-0.25, -0.2) is 4.98 Å². The molecule has 0 N–H and O–H groups in total. The van der Waals surface area contributed by atoms with Gasteiger partial charge in [0.1, 0.15) is 0 Å². The van der Waals surface area contributed by atoms with E-state index in [1.807, 2.05) is 29.6 Å². The van der Waals surface area contributed by atoms with Gasteiger partial charge in [-0.1, -0.05) is 56.4 Å². The number of aromatic nitrogens is 7. The summed E-state index contributed by atoms with van der Waals surface area (Å²) in [5, 5.41) is 12.9. The minimum atomic E-state index is 0. The first-order chi connectivity index (χ1) is 22.8. The van der Waals surface area contributed by atoms with Gasteiger partial charge in [0, 0.05) is 86.7 Å². The maximum atomic E-state index is 4.38. The molecule has 3 aromatic rings. The van der Waals surface area contributed by atoms with Crippen LogP contribution in [0.1, 0.15) is 135 Å². The lowest BCUT2D eigenvalue weighted by atomic mass is 10.00. The topological polar surface area (TPSA) is 76.1 Å². The van der Waals surface area contributed by atoms with E-state index in [4.69, 9.17) is 0 Å². The van der Waals surface area contributed by atoms with E-state index < -0.39 is 0 Å². The van der Waals surface area contributed by atoms with Crippen molar-refractivity contribution in [1.29, 1.82) is 0 Å². The number of nitrogens with zero attached hydrogens (tertiary/aromatic N) is 10. The molecule has 6 atom stereocenters. The van der Waals surface area contributed by atoms with Crippen LogP contribution in [-0.2, 0) is 0 Å². The smallest absolute Gasteiger partial charge is 0.0948 e. The Bertz CT molecular complexity index is 1060. The van der Waals surface area contributed by atoms with Gasteiger partial charge in [0.15, 0.2) is 0 Å². The monoisotopic (exact) mass is 697 g/mol. The van der Waals surface area contributed by atoms with E-state index in [1.165, 1.54) is 19.3 Å². The maximum Gasteiger partial charge on any atom is 0.0948 e. The Balaban J connectivity index is 0.000000255. The summed E-state index contributed by atoms with van der Waals surface area (Å²) >= 11 is 0. The third-order valence-electron chi connectivity index (χ3n) is 11.0. The fourth-order valence-corrected chi connectivity index (χ4v) is 8.32. The minimum Gasteiger partial charge on any atom is -0.333 e. The van der Waals surface area contributed by atoms with Gasteiger partial charge < -0.3 is 4.57 Å². The van der Waals surface area contributed by atoms with E-state index in [9.17, 15) is 0 Å². The zero-order chi connectivity index (χ0) is 35.1. The third kappa shape index (κ3) is 11.0. The van der Waals surface area contributed by atoms with Crippen molar-refractivity contribution in [3.63, 3.8) is 0 Å².